The molecular weight excluding hydrogens is 495 g/mol. The van der Waals surface area contributed by atoms with Crippen LogP contribution in [0.5, 0.6) is 5.75 Å². The van der Waals surface area contributed by atoms with Crippen LogP contribution in [0, 0.1) is 17.7 Å². The van der Waals surface area contributed by atoms with Crippen molar-refractivity contribution >= 4 is 11.4 Å². The minimum absolute atomic E-state index is 0.0886. The summed E-state index contributed by atoms with van der Waals surface area (Å²) < 4.78 is 31.6. The van der Waals surface area contributed by atoms with Crippen LogP contribution < -0.4 is 9.64 Å². The summed E-state index contributed by atoms with van der Waals surface area (Å²) in [6.45, 7) is 6.68. The first-order chi connectivity index (χ1) is 19.1. The summed E-state index contributed by atoms with van der Waals surface area (Å²) in [4.78, 5) is 2.38. The second kappa shape index (κ2) is 13.5. The zero-order valence-corrected chi connectivity index (χ0v) is 23.2. The minimum Gasteiger partial charge on any atom is -0.490 e. The van der Waals surface area contributed by atoms with E-state index >= 15 is 0 Å². The fourth-order valence-corrected chi connectivity index (χ4v) is 6.32. The van der Waals surface area contributed by atoms with E-state index in [0.717, 1.165) is 86.5 Å². The first-order valence-electron chi connectivity index (χ1n) is 14.4. The Bertz CT molecular complexity index is 1140. The number of nitrogens with zero attached hydrogens (tertiary/aromatic N) is 4. The van der Waals surface area contributed by atoms with E-state index in [2.05, 4.69) is 45.5 Å². The Balaban J connectivity index is 1.26. The van der Waals surface area contributed by atoms with Gasteiger partial charge in [-0.2, -0.15) is 5.11 Å². The van der Waals surface area contributed by atoms with Crippen molar-refractivity contribution in [2.45, 2.75) is 64.1 Å². The summed E-state index contributed by atoms with van der Waals surface area (Å²) in [6, 6.07) is 13.4. The molecule has 2 aromatic carbocycles. The number of halogens is 1. The molecule has 0 unspecified atom stereocenters. The molecule has 1 saturated carbocycles. The van der Waals surface area contributed by atoms with Gasteiger partial charge in [0, 0.05) is 32.1 Å². The third kappa shape index (κ3) is 7.03. The summed E-state index contributed by atoms with van der Waals surface area (Å²) in [5.74, 6) is 1.95. The quantitative estimate of drug-likeness (QED) is 0.281. The Morgan fingerprint density at radius 2 is 2.03 bits per heavy atom. The first kappa shape index (κ1) is 27.7. The predicted molar refractivity (Wildman–Crippen MR) is 151 cm³/mol. The van der Waals surface area contributed by atoms with Gasteiger partial charge in [-0.25, -0.2) is 4.39 Å². The van der Waals surface area contributed by atoms with Crippen LogP contribution in [0.1, 0.15) is 62.5 Å². The molecule has 2 aliphatic heterocycles. The molecule has 7 nitrogen and oxygen atoms in total. The van der Waals surface area contributed by atoms with Crippen molar-refractivity contribution in [2.75, 3.05) is 44.9 Å². The van der Waals surface area contributed by atoms with Crippen molar-refractivity contribution in [1.29, 1.82) is 0 Å². The van der Waals surface area contributed by atoms with Crippen LogP contribution in [0.4, 0.5) is 10.1 Å². The lowest BCUT2D eigenvalue weighted by molar-refractivity contribution is -0.0102. The summed E-state index contributed by atoms with van der Waals surface area (Å²) in [5, 5.41) is 12.2. The maximum absolute atomic E-state index is 13.8. The summed E-state index contributed by atoms with van der Waals surface area (Å²) in [6.07, 6.45) is 6.34. The van der Waals surface area contributed by atoms with Gasteiger partial charge in [0.2, 0.25) is 0 Å². The predicted octanol–water partition coefficient (Wildman–Crippen LogP) is 6.77. The van der Waals surface area contributed by atoms with Crippen LogP contribution in [-0.4, -0.2) is 51.8 Å². The molecule has 8 heteroatoms. The molecule has 39 heavy (non-hydrogen) atoms. The number of fused-ring (bicyclic) bond motifs is 1. The molecular formula is C31H41FN4O3. The van der Waals surface area contributed by atoms with Crippen LogP contribution in [0.25, 0.3) is 0 Å². The van der Waals surface area contributed by atoms with Crippen molar-refractivity contribution in [3.05, 3.63) is 59.4 Å². The number of hydrogen-bond donors (Lipinski definition) is 0. The van der Waals surface area contributed by atoms with Crippen LogP contribution in [-0.2, 0) is 16.1 Å². The Morgan fingerprint density at radius 1 is 1.15 bits per heavy atom. The lowest BCUT2D eigenvalue weighted by atomic mass is 9.72. The highest BCUT2D eigenvalue weighted by molar-refractivity contribution is 5.89. The molecule has 0 aromatic heterocycles. The highest BCUT2D eigenvalue weighted by Crippen LogP contribution is 2.42. The number of rotatable bonds is 12. The molecule has 2 heterocycles. The molecule has 0 radical (unpaired) electrons. The van der Waals surface area contributed by atoms with E-state index in [0.29, 0.717) is 31.6 Å². The average Bonchev–Trinajstić information content (AvgIpc) is 3.51. The van der Waals surface area contributed by atoms with Crippen molar-refractivity contribution in [3.63, 3.8) is 0 Å². The van der Waals surface area contributed by atoms with E-state index in [9.17, 15) is 4.39 Å². The van der Waals surface area contributed by atoms with E-state index in [1.807, 2.05) is 12.1 Å². The normalized spacial score (nSPS) is 23.3. The molecule has 0 N–H and O–H groups in total. The van der Waals surface area contributed by atoms with Gasteiger partial charge in [0.15, 0.2) is 0 Å². The number of hydrogen-bond acceptors (Lipinski definition) is 7. The molecule has 0 bridgehead atoms. The van der Waals surface area contributed by atoms with Gasteiger partial charge in [-0.15, -0.1) is 5.10 Å². The fraction of sp³-hybridized carbons (Fsp3) is 0.581. The van der Waals surface area contributed by atoms with Crippen LogP contribution in [0.2, 0.25) is 0 Å². The standard InChI is InChI=1S/C31H41FN4O3/c1-3-24(28-20-33-35-34-28)17-22-5-11-30(27(18-22)25-7-9-26(32)10-8-25)39-21-23-6-12-31-29(19-23)36(14-16-38-31)13-4-15-37-2/h6-10,12,19,22,24,27,30H,3-5,11,13-18,20-21H2,1-2H3/t22-,24-,27+,30-/m0/s1. The summed E-state index contributed by atoms with van der Waals surface area (Å²) in [7, 11) is 1.74. The molecule has 1 fully saturated rings. The van der Waals surface area contributed by atoms with Crippen LogP contribution in [0.3, 0.4) is 0 Å². The third-order valence-corrected chi connectivity index (χ3v) is 8.47. The van der Waals surface area contributed by atoms with Gasteiger partial charge < -0.3 is 19.1 Å². The average molecular weight is 537 g/mol. The molecule has 0 spiro atoms. The number of methoxy groups -OCH3 is 1. The number of ether oxygens (including phenoxy) is 3. The Morgan fingerprint density at radius 3 is 2.79 bits per heavy atom. The van der Waals surface area contributed by atoms with Crippen molar-refractivity contribution in [2.24, 2.45) is 27.3 Å². The van der Waals surface area contributed by atoms with Crippen molar-refractivity contribution < 1.29 is 18.6 Å². The van der Waals surface area contributed by atoms with Crippen LogP contribution in [0.15, 0.2) is 57.9 Å². The lowest BCUT2D eigenvalue weighted by Gasteiger charge is -2.38. The number of benzene rings is 2. The van der Waals surface area contributed by atoms with Gasteiger partial charge in [-0.05, 0) is 85.1 Å². The van der Waals surface area contributed by atoms with Gasteiger partial charge >= 0.3 is 0 Å². The summed E-state index contributed by atoms with van der Waals surface area (Å²) in [5.41, 5.74) is 4.55. The van der Waals surface area contributed by atoms with Gasteiger partial charge in [0.1, 0.15) is 24.7 Å². The largest absolute Gasteiger partial charge is 0.490 e. The topological polar surface area (TPSA) is 68.0 Å². The van der Waals surface area contributed by atoms with Gasteiger partial charge in [-0.1, -0.05) is 25.1 Å². The van der Waals surface area contributed by atoms with Gasteiger partial charge in [0.05, 0.1) is 30.7 Å². The first-order valence-corrected chi connectivity index (χ1v) is 14.4. The van der Waals surface area contributed by atoms with E-state index in [-0.39, 0.29) is 17.8 Å². The van der Waals surface area contributed by atoms with Crippen molar-refractivity contribution in [1.82, 2.24) is 0 Å². The van der Waals surface area contributed by atoms with E-state index < -0.39 is 0 Å². The zero-order valence-electron chi connectivity index (χ0n) is 23.2. The second-order valence-corrected chi connectivity index (χ2v) is 11.0. The third-order valence-electron chi connectivity index (χ3n) is 8.47. The Labute approximate surface area is 231 Å². The maximum atomic E-state index is 13.8. The fourth-order valence-electron chi connectivity index (χ4n) is 6.32. The highest BCUT2D eigenvalue weighted by atomic mass is 19.1. The minimum atomic E-state index is -0.201. The van der Waals surface area contributed by atoms with Gasteiger partial charge in [0.25, 0.3) is 0 Å². The maximum Gasteiger partial charge on any atom is 0.142 e. The molecule has 1 aliphatic carbocycles. The van der Waals surface area contributed by atoms with E-state index in [1.165, 1.54) is 0 Å². The molecule has 3 aliphatic rings. The second-order valence-electron chi connectivity index (χ2n) is 11.0. The van der Waals surface area contributed by atoms with Crippen LogP contribution >= 0.6 is 0 Å². The Kier molecular flexibility index (Phi) is 9.58. The number of anilines is 1. The zero-order chi connectivity index (χ0) is 27.0. The summed E-state index contributed by atoms with van der Waals surface area (Å²) >= 11 is 0. The molecule has 210 valence electrons. The van der Waals surface area contributed by atoms with Gasteiger partial charge in [-0.3, -0.25) is 0 Å². The lowest BCUT2D eigenvalue weighted by Crippen LogP contribution is -2.34. The molecule has 2 aromatic rings. The highest BCUT2D eigenvalue weighted by Gasteiger charge is 2.34. The van der Waals surface area contributed by atoms with E-state index in [1.54, 1.807) is 19.2 Å². The molecule has 0 amide bonds. The SMILES string of the molecule is CC[C@@H](C[C@@H]1CC[C@H](OCc2ccc3c(c2)N(CCCOC)CCO3)[C@@H](c2ccc(F)cc2)C1)C1=NN=NC1. The molecule has 4 atom stereocenters. The monoisotopic (exact) mass is 536 g/mol. The smallest absolute Gasteiger partial charge is 0.142 e. The Hall–Kier alpha value is -2.84. The van der Waals surface area contributed by atoms with Crippen molar-refractivity contribution in [3.8, 4) is 5.75 Å². The van der Waals surface area contributed by atoms with E-state index in [4.69, 9.17) is 14.2 Å². The molecule has 5 rings (SSSR count). The molecule has 0 saturated heterocycles.